The zero-order chi connectivity index (χ0) is 18.7. The number of aliphatic hydroxyl groups excluding tert-OH is 1. The van der Waals surface area contributed by atoms with Crippen LogP contribution in [0.5, 0.6) is 0 Å². The van der Waals surface area contributed by atoms with E-state index in [0.29, 0.717) is 56.1 Å². The molecule has 9 nitrogen and oxygen atoms in total. The van der Waals surface area contributed by atoms with Crippen molar-refractivity contribution in [3.63, 3.8) is 0 Å². The maximum atomic E-state index is 12.7. The van der Waals surface area contributed by atoms with Crippen LogP contribution < -0.4 is 11.2 Å². The molecule has 9 heteroatoms. The first kappa shape index (κ1) is 18.8. The van der Waals surface area contributed by atoms with Gasteiger partial charge < -0.3 is 14.8 Å². The van der Waals surface area contributed by atoms with Crippen molar-refractivity contribution < 1.29 is 9.84 Å². The smallest absolute Gasteiger partial charge is 0.332 e. The molecule has 0 bridgehead atoms. The van der Waals surface area contributed by atoms with Gasteiger partial charge in [0.25, 0.3) is 5.56 Å². The number of unbranched alkanes of at least 4 members (excludes halogenated alkanes) is 1. The van der Waals surface area contributed by atoms with Gasteiger partial charge in [-0.15, -0.1) is 0 Å². The van der Waals surface area contributed by atoms with Crippen LogP contribution in [0.3, 0.4) is 0 Å². The fourth-order valence-electron chi connectivity index (χ4n) is 3.25. The average Bonchev–Trinajstić information content (AvgIpc) is 3.04. The Morgan fingerprint density at radius 2 is 2.00 bits per heavy atom. The number of morpholine rings is 1. The minimum Gasteiger partial charge on any atom is -0.393 e. The van der Waals surface area contributed by atoms with Gasteiger partial charge >= 0.3 is 5.69 Å². The van der Waals surface area contributed by atoms with Crippen LogP contribution in [-0.2, 0) is 24.9 Å². The van der Waals surface area contributed by atoms with Crippen LogP contribution in [0.15, 0.2) is 9.59 Å². The number of aromatic nitrogens is 4. The third-order valence-corrected chi connectivity index (χ3v) is 4.76. The van der Waals surface area contributed by atoms with Gasteiger partial charge in [0.05, 0.1) is 25.9 Å². The number of imidazole rings is 1. The first-order chi connectivity index (χ1) is 12.5. The van der Waals surface area contributed by atoms with Gasteiger partial charge in [0.2, 0.25) is 0 Å². The standard InChI is InChI=1S/C17H27N5O4/c1-12(23)5-3-4-6-22-16(24)14-15(20(2)17(22)25)19-13(18-14)11-21-7-9-26-10-8-21/h12,23H,3-11H2,1-2H3,(H,18,19)/t12-/m1/s1. The van der Waals surface area contributed by atoms with Gasteiger partial charge in [0.1, 0.15) is 11.3 Å². The second kappa shape index (κ2) is 8.15. The summed E-state index contributed by atoms with van der Waals surface area (Å²) in [6.45, 7) is 5.70. The minimum atomic E-state index is -0.368. The molecule has 0 amide bonds. The number of nitrogens with one attached hydrogen (secondary N) is 1. The van der Waals surface area contributed by atoms with E-state index in [0.717, 1.165) is 19.5 Å². The molecular formula is C17H27N5O4. The van der Waals surface area contributed by atoms with E-state index in [1.54, 1.807) is 14.0 Å². The summed E-state index contributed by atoms with van der Waals surface area (Å²) >= 11 is 0. The van der Waals surface area contributed by atoms with Crippen LogP contribution in [0.2, 0.25) is 0 Å². The van der Waals surface area contributed by atoms with Gasteiger partial charge in [0.15, 0.2) is 5.65 Å². The number of aryl methyl sites for hydroxylation is 1. The van der Waals surface area contributed by atoms with Crippen molar-refractivity contribution in [3.8, 4) is 0 Å². The Hall–Kier alpha value is -1.97. The molecule has 1 aliphatic heterocycles. The number of hydrogen-bond acceptors (Lipinski definition) is 6. The molecule has 1 atom stereocenters. The molecule has 144 valence electrons. The fraction of sp³-hybridized carbons (Fsp3) is 0.706. The van der Waals surface area contributed by atoms with Gasteiger partial charge in [-0.05, 0) is 26.2 Å². The second-order valence-electron chi connectivity index (χ2n) is 6.91. The molecule has 1 saturated heterocycles. The van der Waals surface area contributed by atoms with Gasteiger partial charge in [-0.2, -0.15) is 0 Å². The molecule has 2 N–H and O–H groups in total. The molecule has 2 aromatic rings. The van der Waals surface area contributed by atoms with Crippen molar-refractivity contribution in [1.82, 2.24) is 24.0 Å². The van der Waals surface area contributed by atoms with E-state index in [1.807, 2.05) is 0 Å². The Bertz CT molecular complexity index is 860. The Labute approximate surface area is 151 Å². The van der Waals surface area contributed by atoms with Crippen LogP contribution in [0.4, 0.5) is 0 Å². The minimum absolute atomic E-state index is 0.333. The number of nitrogens with zero attached hydrogens (tertiary/aromatic N) is 4. The topological polar surface area (TPSA) is 105 Å². The highest BCUT2D eigenvalue weighted by molar-refractivity contribution is 5.69. The Balaban J connectivity index is 1.83. The number of aliphatic hydroxyl groups is 1. The zero-order valence-electron chi connectivity index (χ0n) is 15.4. The van der Waals surface area contributed by atoms with Crippen LogP contribution in [0.25, 0.3) is 11.2 Å². The average molecular weight is 365 g/mol. The van der Waals surface area contributed by atoms with Crippen LogP contribution in [0.1, 0.15) is 32.0 Å². The fourth-order valence-corrected chi connectivity index (χ4v) is 3.25. The second-order valence-corrected chi connectivity index (χ2v) is 6.91. The molecule has 0 aromatic carbocycles. The van der Waals surface area contributed by atoms with E-state index in [2.05, 4.69) is 14.9 Å². The van der Waals surface area contributed by atoms with Crippen molar-refractivity contribution in [2.24, 2.45) is 7.05 Å². The molecule has 1 aliphatic rings. The predicted octanol–water partition coefficient (Wildman–Crippen LogP) is -0.193. The summed E-state index contributed by atoms with van der Waals surface area (Å²) < 4.78 is 8.01. The summed E-state index contributed by atoms with van der Waals surface area (Å²) in [4.78, 5) is 35.0. The first-order valence-electron chi connectivity index (χ1n) is 9.14. The first-order valence-corrected chi connectivity index (χ1v) is 9.14. The van der Waals surface area contributed by atoms with E-state index in [4.69, 9.17) is 4.74 Å². The van der Waals surface area contributed by atoms with Crippen molar-refractivity contribution in [1.29, 1.82) is 0 Å². The van der Waals surface area contributed by atoms with Crippen LogP contribution in [0, 0.1) is 0 Å². The molecule has 0 spiro atoms. The largest absolute Gasteiger partial charge is 0.393 e. The maximum absolute atomic E-state index is 12.7. The molecule has 1 fully saturated rings. The van der Waals surface area contributed by atoms with Gasteiger partial charge in [-0.25, -0.2) is 9.78 Å². The molecule has 3 heterocycles. The Morgan fingerprint density at radius 1 is 1.27 bits per heavy atom. The lowest BCUT2D eigenvalue weighted by Gasteiger charge is -2.25. The lowest BCUT2D eigenvalue weighted by Crippen LogP contribution is -2.39. The summed E-state index contributed by atoms with van der Waals surface area (Å²) in [5.41, 5.74) is 0.0687. The van der Waals surface area contributed by atoms with Gasteiger partial charge in [0, 0.05) is 26.7 Å². The maximum Gasteiger partial charge on any atom is 0.332 e. The predicted molar refractivity (Wildman–Crippen MR) is 97.2 cm³/mol. The summed E-state index contributed by atoms with van der Waals surface area (Å²) in [5, 5.41) is 9.32. The lowest BCUT2D eigenvalue weighted by molar-refractivity contribution is 0.0332. The van der Waals surface area contributed by atoms with E-state index in [1.165, 1.54) is 9.13 Å². The molecule has 0 radical (unpaired) electrons. The van der Waals surface area contributed by atoms with Gasteiger partial charge in [-0.3, -0.25) is 18.8 Å². The highest BCUT2D eigenvalue weighted by Gasteiger charge is 2.17. The number of ether oxygens (including phenoxy) is 1. The summed E-state index contributed by atoms with van der Waals surface area (Å²) in [5.74, 6) is 0.681. The summed E-state index contributed by atoms with van der Waals surface area (Å²) in [6.07, 6.45) is 1.72. The molecule has 0 unspecified atom stereocenters. The van der Waals surface area contributed by atoms with Crippen molar-refractivity contribution >= 4 is 11.2 Å². The van der Waals surface area contributed by atoms with Crippen molar-refractivity contribution in [2.45, 2.75) is 45.4 Å². The SMILES string of the molecule is C[C@@H](O)CCCCn1c(=O)c2[nH]c(CN3CCOCC3)nc2n(C)c1=O. The third kappa shape index (κ3) is 4.05. The highest BCUT2D eigenvalue weighted by Crippen LogP contribution is 2.09. The zero-order valence-corrected chi connectivity index (χ0v) is 15.4. The molecule has 26 heavy (non-hydrogen) atoms. The normalized spacial score (nSPS) is 17.0. The molecule has 0 aliphatic carbocycles. The molecule has 2 aromatic heterocycles. The van der Waals surface area contributed by atoms with Gasteiger partial charge in [-0.1, -0.05) is 0 Å². The Morgan fingerprint density at radius 3 is 2.69 bits per heavy atom. The number of fused-ring (bicyclic) bond motifs is 1. The van der Waals surface area contributed by atoms with E-state index >= 15 is 0 Å². The van der Waals surface area contributed by atoms with E-state index in [-0.39, 0.29) is 17.4 Å². The highest BCUT2D eigenvalue weighted by atomic mass is 16.5. The molecule has 3 rings (SSSR count). The van der Waals surface area contributed by atoms with Crippen molar-refractivity contribution in [2.75, 3.05) is 26.3 Å². The molecule has 0 saturated carbocycles. The van der Waals surface area contributed by atoms with Crippen molar-refractivity contribution in [3.05, 3.63) is 26.7 Å². The van der Waals surface area contributed by atoms with Crippen LogP contribution in [-0.4, -0.2) is 61.5 Å². The molecular weight excluding hydrogens is 338 g/mol. The number of hydrogen-bond donors (Lipinski definition) is 2. The van der Waals surface area contributed by atoms with Crippen LogP contribution >= 0.6 is 0 Å². The Kier molecular flexibility index (Phi) is 5.90. The quantitative estimate of drug-likeness (QED) is 0.659. The summed E-state index contributed by atoms with van der Waals surface area (Å²) in [6, 6.07) is 0. The third-order valence-electron chi connectivity index (χ3n) is 4.76. The number of rotatable bonds is 7. The lowest BCUT2D eigenvalue weighted by atomic mass is 10.2. The summed E-state index contributed by atoms with van der Waals surface area (Å²) in [7, 11) is 1.63. The van der Waals surface area contributed by atoms with E-state index < -0.39 is 0 Å². The van der Waals surface area contributed by atoms with E-state index in [9.17, 15) is 14.7 Å². The number of H-pyrrole nitrogens is 1. The monoisotopic (exact) mass is 365 g/mol. The number of aromatic amines is 1.